The Morgan fingerprint density at radius 2 is 2.36 bits per heavy atom. The number of furan rings is 1. The molecule has 1 heterocycles. The van der Waals surface area contributed by atoms with Crippen molar-refractivity contribution in [1.29, 1.82) is 0 Å². The second kappa shape index (κ2) is 5.29. The summed E-state index contributed by atoms with van der Waals surface area (Å²) >= 11 is 0. The molecule has 0 fully saturated rings. The van der Waals surface area contributed by atoms with E-state index in [9.17, 15) is 4.79 Å². The second-order valence-electron chi connectivity index (χ2n) is 2.60. The highest BCUT2D eigenvalue weighted by atomic mass is 16.6. The number of methoxy groups -OCH3 is 1. The van der Waals surface area contributed by atoms with Crippen LogP contribution in [0.3, 0.4) is 0 Å². The van der Waals surface area contributed by atoms with Gasteiger partial charge in [-0.15, -0.1) is 0 Å². The lowest BCUT2D eigenvalue weighted by Crippen LogP contribution is -2.05. The minimum atomic E-state index is -0.515. The Morgan fingerprint density at radius 3 is 3.00 bits per heavy atom. The van der Waals surface area contributed by atoms with Gasteiger partial charge >= 0.3 is 5.97 Å². The van der Waals surface area contributed by atoms with Gasteiger partial charge in [-0.2, -0.15) is 0 Å². The maximum atomic E-state index is 11.0. The first-order valence-corrected chi connectivity index (χ1v) is 4.29. The van der Waals surface area contributed by atoms with Crippen molar-refractivity contribution in [3.63, 3.8) is 0 Å². The number of ether oxygens (including phenoxy) is 2. The number of carbonyl (C=O) groups is 1. The summed E-state index contributed by atoms with van der Waals surface area (Å²) in [7, 11) is 1.29. The maximum Gasteiger partial charge on any atom is 0.374 e. The molecule has 0 radical (unpaired) electrons. The molecule has 0 atom stereocenters. The SMILES string of the molecule is COC(=O)c1ccc(OCCCN)o1. The number of hydrogen-bond acceptors (Lipinski definition) is 5. The highest BCUT2D eigenvalue weighted by Crippen LogP contribution is 2.16. The smallest absolute Gasteiger partial charge is 0.374 e. The molecule has 0 bridgehead atoms. The van der Waals surface area contributed by atoms with Crippen molar-refractivity contribution in [2.24, 2.45) is 5.73 Å². The van der Waals surface area contributed by atoms with Gasteiger partial charge in [-0.05, 0) is 19.0 Å². The fourth-order valence-corrected chi connectivity index (χ4v) is 0.864. The standard InChI is InChI=1S/C9H13NO4/c1-12-9(11)7-3-4-8(14-7)13-6-2-5-10/h3-4H,2,5-6,10H2,1H3. The third-order valence-electron chi connectivity index (χ3n) is 1.56. The Bertz CT molecular complexity index is 295. The number of esters is 1. The molecule has 0 spiro atoms. The molecule has 5 nitrogen and oxygen atoms in total. The molecule has 0 saturated carbocycles. The molecule has 0 aromatic carbocycles. The van der Waals surface area contributed by atoms with Gasteiger partial charge < -0.3 is 19.6 Å². The molecule has 0 aliphatic heterocycles. The van der Waals surface area contributed by atoms with Gasteiger partial charge in [-0.1, -0.05) is 0 Å². The highest BCUT2D eigenvalue weighted by Gasteiger charge is 2.11. The topological polar surface area (TPSA) is 74.7 Å². The molecule has 1 aromatic rings. The van der Waals surface area contributed by atoms with Crippen molar-refractivity contribution >= 4 is 5.97 Å². The molecule has 0 unspecified atom stereocenters. The lowest BCUT2D eigenvalue weighted by Gasteiger charge is -1.99. The third-order valence-corrected chi connectivity index (χ3v) is 1.56. The first-order valence-electron chi connectivity index (χ1n) is 4.29. The Hall–Kier alpha value is -1.49. The van der Waals surface area contributed by atoms with Gasteiger partial charge in [0.2, 0.25) is 5.76 Å². The summed E-state index contributed by atoms with van der Waals surface area (Å²) in [4.78, 5) is 11.0. The predicted octanol–water partition coefficient (Wildman–Crippen LogP) is 0.794. The molecule has 2 N–H and O–H groups in total. The molecule has 0 aliphatic rings. The minimum Gasteiger partial charge on any atom is -0.465 e. The van der Waals surface area contributed by atoms with E-state index in [1.165, 1.54) is 13.2 Å². The molecule has 0 saturated heterocycles. The summed E-state index contributed by atoms with van der Waals surface area (Å²) < 4.78 is 14.7. The Kier molecular flexibility index (Phi) is 4.00. The van der Waals surface area contributed by atoms with E-state index < -0.39 is 5.97 Å². The van der Waals surface area contributed by atoms with E-state index in [4.69, 9.17) is 14.9 Å². The number of hydrogen-bond donors (Lipinski definition) is 1. The van der Waals surface area contributed by atoms with Gasteiger partial charge in [0.1, 0.15) is 0 Å². The number of rotatable bonds is 5. The zero-order chi connectivity index (χ0) is 10.4. The van der Waals surface area contributed by atoms with Crippen molar-refractivity contribution in [1.82, 2.24) is 0 Å². The van der Waals surface area contributed by atoms with Crippen LogP contribution in [0.25, 0.3) is 0 Å². The molecular formula is C9H13NO4. The zero-order valence-corrected chi connectivity index (χ0v) is 7.99. The van der Waals surface area contributed by atoms with Crippen LogP contribution in [0, 0.1) is 0 Å². The van der Waals surface area contributed by atoms with Gasteiger partial charge in [0, 0.05) is 6.07 Å². The predicted molar refractivity (Wildman–Crippen MR) is 49.2 cm³/mol. The average molecular weight is 199 g/mol. The van der Waals surface area contributed by atoms with E-state index in [2.05, 4.69) is 4.74 Å². The summed E-state index contributed by atoms with van der Waals surface area (Å²) in [5.74, 6) is -0.0761. The summed E-state index contributed by atoms with van der Waals surface area (Å²) in [5, 5.41) is 0. The fraction of sp³-hybridized carbons (Fsp3) is 0.444. The van der Waals surface area contributed by atoms with Gasteiger partial charge in [0.05, 0.1) is 13.7 Å². The van der Waals surface area contributed by atoms with E-state index in [1.807, 2.05) is 0 Å². The summed E-state index contributed by atoms with van der Waals surface area (Å²) in [5.41, 5.74) is 5.28. The first-order chi connectivity index (χ1) is 6.77. The van der Waals surface area contributed by atoms with E-state index in [0.717, 1.165) is 6.42 Å². The van der Waals surface area contributed by atoms with Crippen LogP contribution in [0.4, 0.5) is 0 Å². The van der Waals surface area contributed by atoms with Crippen LogP contribution in [-0.4, -0.2) is 26.2 Å². The zero-order valence-electron chi connectivity index (χ0n) is 7.99. The maximum absolute atomic E-state index is 11.0. The van der Waals surface area contributed by atoms with Gasteiger partial charge in [-0.25, -0.2) is 4.79 Å². The van der Waals surface area contributed by atoms with Crippen molar-refractivity contribution in [3.8, 4) is 5.95 Å². The lowest BCUT2D eigenvalue weighted by atomic mass is 10.4. The van der Waals surface area contributed by atoms with Crippen LogP contribution in [0.5, 0.6) is 5.95 Å². The van der Waals surface area contributed by atoms with Crippen LogP contribution in [0.15, 0.2) is 16.5 Å². The van der Waals surface area contributed by atoms with E-state index in [0.29, 0.717) is 19.1 Å². The van der Waals surface area contributed by atoms with E-state index in [1.54, 1.807) is 6.07 Å². The Balaban J connectivity index is 2.46. The fourth-order valence-electron chi connectivity index (χ4n) is 0.864. The van der Waals surface area contributed by atoms with Crippen LogP contribution in [0.1, 0.15) is 17.0 Å². The van der Waals surface area contributed by atoms with Crippen LogP contribution in [-0.2, 0) is 4.74 Å². The normalized spacial score (nSPS) is 9.86. The van der Waals surface area contributed by atoms with Gasteiger partial charge in [0.15, 0.2) is 0 Å². The van der Waals surface area contributed by atoms with Crippen LogP contribution >= 0.6 is 0 Å². The molecule has 5 heteroatoms. The Labute approximate surface area is 81.8 Å². The molecule has 1 aromatic heterocycles. The minimum absolute atomic E-state index is 0.134. The summed E-state index contributed by atoms with van der Waals surface area (Å²) in [6.45, 7) is 1.04. The quantitative estimate of drug-likeness (QED) is 0.560. The summed E-state index contributed by atoms with van der Waals surface area (Å²) in [6.07, 6.45) is 0.744. The molecule has 0 aliphatic carbocycles. The van der Waals surface area contributed by atoms with Crippen molar-refractivity contribution in [2.45, 2.75) is 6.42 Å². The lowest BCUT2D eigenvalue weighted by molar-refractivity contribution is 0.0556. The van der Waals surface area contributed by atoms with Crippen molar-refractivity contribution in [2.75, 3.05) is 20.3 Å². The number of nitrogens with two attached hydrogens (primary N) is 1. The largest absolute Gasteiger partial charge is 0.465 e. The monoisotopic (exact) mass is 199 g/mol. The summed E-state index contributed by atoms with van der Waals surface area (Å²) in [6, 6.07) is 3.08. The number of carbonyl (C=O) groups excluding carboxylic acids is 1. The molecule has 78 valence electrons. The van der Waals surface area contributed by atoms with Crippen LogP contribution in [0.2, 0.25) is 0 Å². The highest BCUT2D eigenvalue weighted by molar-refractivity contribution is 5.86. The van der Waals surface area contributed by atoms with Gasteiger partial charge in [-0.3, -0.25) is 0 Å². The Morgan fingerprint density at radius 1 is 1.57 bits per heavy atom. The molecular weight excluding hydrogens is 186 g/mol. The van der Waals surface area contributed by atoms with Crippen molar-refractivity contribution < 1.29 is 18.7 Å². The molecule has 0 amide bonds. The average Bonchev–Trinajstić information content (AvgIpc) is 2.66. The van der Waals surface area contributed by atoms with E-state index in [-0.39, 0.29) is 5.76 Å². The van der Waals surface area contributed by atoms with Crippen LogP contribution < -0.4 is 10.5 Å². The molecule has 1 rings (SSSR count). The third kappa shape index (κ3) is 2.77. The van der Waals surface area contributed by atoms with Gasteiger partial charge in [0.25, 0.3) is 5.95 Å². The first kappa shape index (κ1) is 10.6. The second-order valence-corrected chi connectivity index (χ2v) is 2.60. The van der Waals surface area contributed by atoms with E-state index >= 15 is 0 Å². The van der Waals surface area contributed by atoms with Crippen molar-refractivity contribution in [3.05, 3.63) is 17.9 Å². The molecule has 14 heavy (non-hydrogen) atoms.